The fraction of sp³-hybridized carbons (Fsp3) is 0.692. The van der Waals surface area contributed by atoms with Gasteiger partial charge in [0, 0.05) is 25.6 Å². The van der Waals surface area contributed by atoms with Crippen LogP contribution in [-0.2, 0) is 18.3 Å². The highest BCUT2D eigenvalue weighted by Gasteiger charge is 2.17. The average molecular weight is 222 g/mol. The fourth-order valence-corrected chi connectivity index (χ4v) is 2.07. The zero-order chi connectivity index (χ0) is 12.0. The third-order valence-corrected chi connectivity index (χ3v) is 2.87. The number of hydrogen-bond donors (Lipinski definition) is 0. The van der Waals surface area contributed by atoms with Crippen LogP contribution in [0.1, 0.15) is 45.1 Å². The second kappa shape index (κ2) is 6.46. The van der Waals surface area contributed by atoms with Crippen LogP contribution in [0.4, 0.5) is 0 Å². The van der Waals surface area contributed by atoms with Crippen LogP contribution in [0.2, 0.25) is 0 Å². The van der Waals surface area contributed by atoms with E-state index in [-0.39, 0.29) is 5.92 Å². The van der Waals surface area contributed by atoms with E-state index in [2.05, 4.69) is 18.9 Å². The van der Waals surface area contributed by atoms with Crippen LogP contribution in [0, 0.1) is 5.92 Å². The van der Waals surface area contributed by atoms with Gasteiger partial charge in [0.05, 0.1) is 6.20 Å². The summed E-state index contributed by atoms with van der Waals surface area (Å²) in [5.41, 5.74) is 1.03. The number of carbonyl (C=O) groups excluding carboxylic acids is 1. The van der Waals surface area contributed by atoms with E-state index in [1.54, 1.807) is 10.9 Å². The monoisotopic (exact) mass is 222 g/mol. The van der Waals surface area contributed by atoms with Crippen LogP contribution in [0.5, 0.6) is 0 Å². The number of hydrogen-bond acceptors (Lipinski definition) is 2. The lowest BCUT2D eigenvalue weighted by Crippen LogP contribution is -2.16. The predicted molar refractivity (Wildman–Crippen MR) is 65.2 cm³/mol. The minimum atomic E-state index is 0.246. The first-order chi connectivity index (χ1) is 7.67. The predicted octanol–water partition coefficient (Wildman–Crippen LogP) is 2.75. The van der Waals surface area contributed by atoms with Crippen molar-refractivity contribution in [3.63, 3.8) is 0 Å². The van der Waals surface area contributed by atoms with Crippen molar-refractivity contribution in [1.29, 1.82) is 0 Å². The van der Waals surface area contributed by atoms with E-state index in [0.29, 0.717) is 12.2 Å². The minimum Gasteiger partial charge on any atom is -0.299 e. The highest BCUT2D eigenvalue weighted by atomic mass is 16.1. The number of aryl methyl sites for hydroxylation is 1. The van der Waals surface area contributed by atoms with E-state index in [1.165, 1.54) is 0 Å². The van der Waals surface area contributed by atoms with Crippen molar-refractivity contribution in [3.05, 3.63) is 18.0 Å². The summed E-state index contributed by atoms with van der Waals surface area (Å²) < 4.78 is 1.75. The maximum atomic E-state index is 12.1. The zero-order valence-corrected chi connectivity index (χ0v) is 10.6. The smallest absolute Gasteiger partial charge is 0.140 e. The SMILES string of the molecule is CCCC(CCC)C(=O)Cc1cnn(C)c1. The van der Waals surface area contributed by atoms with Gasteiger partial charge in [0.1, 0.15) is 5.78 Å². The third-order valence-electron chi connectivity index (χ3n) is 2.87. The first-order valence-corrected chi connectivity index (χ1v) is 6.17. The molecule has 0 saturated carbocycles. The van der Waals surface area contributed by atoms with Crippen molar-refractivity contribution in [1.82, 2.24) is 9.78 Å². The molecule has 0 N–H and O–H groups in total. The Bertz CT molecular complexity index is 324. The fourth-order valence-electron chi connectivity index (χ4n) is 2.07. The second-order valence-electron chi connectivity index (χ2n) is 4.44. The Morgan fingerprint density at radius 2 is 2.00 bits per heavy atom. The number of ketones is 1. The normalized spacial score (nSPS) is 11.0. The molecule has 0 radical (unpaired) electrons. The first-order valence-electron chi connectivity index (χ1n) is 6.17. The summed E-state index contributed by atoms with van der Waals surface area (Å²) in [6.07, 6.45) is 8.46. The number of rotatable bonds is 7. The Morgan fingerprint density at radius 1 is 1.38 bits per heavy atom. The molecule has 0 bridgehead atoms. The molecule has 0 saturated heterocycles. The standard InChI is InChI=1S/C13H22N2O/c1-4-6-12(7-5-2)13(16)8-11-9-14-15(3)10-11/h9-10,12H,4-8H2,1-3H3. The molecule has 1 aromatic rings. The minimum absolute atomic E-state index is 0.246. The van der Waals surface area contributed by atoms with Crippen molar-refractivity contribution < 1.29 is 4.79 Å². The van der Waals surface area contributed by atoms with Gasteiger partial charge in [-0.2, -0.15) is 5.10 Å². The molecule has 1 aromatic heterocycles. The van der Waals surface area contributed by atoms with Gasteiger partial charge in [0.2, 0.25) is 0 Å². The Morgan fingerprint density at radius 3 is 2.44 bits per heavy atom. The van der Waals surface area contributed by atoms with E-state index >= 15 is 0 Å². The molecule has 1 rings (SSSR count). The molecule has 0 spiro atoms. The molecule has 16 heavy (non-hydrogen) atoms. The number of nitrogens with zero attached hydrogens (tertiary/aromatic N) is 2. The van der Waals surface area contributed by atoms with Crippen LogP contribution in [0.15, 0.2) is 12.4 Å². The molecule has 0 atom stereocenters. The molecule has 90 valence electrons. The molecule has 1 heterocycles. The van der Waals surface area contributed by atoms with Crippen LogP contribution >= 0.6 is 0 Å². The van der Waals surface area contributed by atoms with Crippen LogP contribution in [0.3, 0.4) is 0 Å². The van der Waals surface area contributed by atoms with Gasteiger partial charge in [-0.15, -0.1) is 0 Å². The van der Waals surface area contributed by atoms with Gasteiger partial charge in [0.25, 0.3) is 0 Å². The molecule has 0 aliphatic heterocycles. The van der Waals surface area contributed by atoms with E-state index in [4.69, 9.17) is 0 Å². The summed E-state index contributed by atoms with van der Waals surface area (Å²) in [6, 6.07) is 0. The van der Waals surface area contributed by atoms with Gasteiger partial charge in [-0.25, -0.2) is 0 Å². The largest absolute Gasteiger partial charge is 0.299 e. The van der Waals surface area contributed by atoms with E-state index in [0.717, 1.165) is 31.2 Å². The van der Waals surface area contributed by atoms with Crippen molar-refractivity contribution >= 4 is 5.78 Å². The van der Waals surface area contributed by atoms with E-state index < -0.39 is 0 Å². The highest BCUT2D eigenvalue weighted by Crippen LogP contribution is 2.17. The molecule has 3 nitrogen and oxygen atoms in total. The summed E-state index contributed by atoms with van der Waals surface area (Å²) in [7, 11) is 1.88. The summed E-state index contributed by atoms with van der Waals surface area (Å²) in [4.78, 5) is 12.1. The molecular formula is C13H22N2O. The van der Waals surface area contributed by atoms with Gasteiger partial charge in [-0.1, -0.05) is 26.7 Å². The van der Waals surface area contributed by atoms with Crippen molar-refractivity contribution in [2.45, 2.75) is 46.0 Å². The van der Waals surface area contributed by atoms with Gasteiger partial charge in [0.15, 0.2) is 0 Å². The third kappa shape index (κ3) is 3.80. The van der Waals surface area contributed by atoms with Crippen LogP contribution in [-0.4, -0.2) is 15.6 Å². The van der Waals surface area contributed by atoms with E-state index in [9.17, 15) is 4.79 Å². The lowest BCUT2D eigenvalue weighted by Gasteiger charge is -2.13. The van der Waals surface area contributed by atoms with Crippen molar-refractivity contribution in [2.24, 2.45) is 13.0 Å². The highest BCUT2D eigenvalue weighted by molar-refractivity contribution is 5.83. The lowest BCUT2D eigenvalue weighted by atomic mass is 9.91. The molecule has 0 amide bonds. The number of carbonyl (C=O) groups is 1. The van der Waals surface area contributed by atoms with Gasteiger partial charge in [-0.05, 0) is 18.4 Å². The van der Waals surface area contributed by atoms with Crippen molar-refractivity contribution in [2.75, 3.05) is 0 Å². The molecular weight excluding hydrogens is 200 g/mol. The lowest BCUT2D eigenvalue weighted by molar-refractivity contribution is -0.122. The molecule has 0 aromatic carbocycles. The summed E-state index contributed by atoms with van der Waals surface area (Å²) in [5.74, 6) is 0.618. The summed E-state index contributed by atoms with van der Waals surface area (Å²) in [6.45, 7) is 4.28. The Hall–Kier alpha value is -1.12. The Labute approximate surface area is 97.8 Å². The summed E-state index contributed by atoms with van der Waals surface area (Å²) >= 11 is 0. The van der Waals surface area contributed by atoms with Crippen LogP contribution in [0.25, 0.3) is 0 Å². The Kier molecular flexibility index (Phi) is 5.23. The zero-order valence-electron chi connectivity index (χ0n) is 10.6. The molecule has 0 aliphatic rings. The maximum absolute atomic E-state index is 12.1. The number of Topliss-reactive ketones (excluding diaryl/α,β-unsaturated/α-hetero) is 1. The quantitative estimate of drug-likeness (QED) is 0.711. The maximum Gasteiger partial charge on any atom is 0.140 e. The van der Waals surface area contributed by atoms with Gasteiger partial charge < -0.3 is 0 Å². The molecule has 3 heteroatoms. The van der Waals surface area contributed by atoms with Gasteiger partial charge in [-0.3, -0.25) is 9.48 Å². The second-order valence-corrected chi connectivity index (χ2v) is 4.44. The molecule has 0 fully saturated rings. The van der Waals surface area contributed by atoms with E-state index in [1.807, 2.05) is 13.2 Å². The van der Waals surface area contributed by atoms with Crippen molar-refractivity contribution in [3.8, 4) is 0 Å². The van der Waals surface area contributed by atoms with Gasteiger partial charge >= 0.3 is 0 Å². The molecule has 0 unspecified atom stereocenters. The molecule has 0 aliphatic carbocycles. The Balaban J connectivity index is 2.54. The topological polar surface area (TPSA) is 34.9 Å². The van der Waals surface area contributed by atoms with Crippen LogP contribution < -0.4 is 0 Å². The number of aromatic nitrogens is 2. The summed E-state index contributed by atoms with van der Waals surface area (Å²) in [5, 5.41) is 4.09. The average Bonchev–Trinajstić information content (AvgIpc) is 2.63. The first kappa shape index (κ1) is 12.9.